The normalized spacial score (nSPS) is 16.4. The van der Waals surface area contributed by atoms with Gasteiger partial charge < -0.3 is 19.3 Å². The number of fused-ring (bicyclic) bond motifs is 1. The number of likely N-dealkylation sites (N-methyl/N-ethyl adjacent to an activating group) is 2. The molecule has 0 radical (unpaired) electrons. The molecular formula is C33H47ClN2O5Si. The summed E-state index contributed by atoms with van der Waals surface area (Å²) in [4.78, 5) is 42.5. The van der Waals surface area contributed by atoms with Crippen LogP contribution < -0.4 is 0 Å². The third-order valence-electron chi connectivity index (χ3n) is 9.15. The molecule has 0 heterocycles. The Hall–Kier alpha value is -2.68. The van der Waals surface area contributed by atoms with Crippen molar-refractivity contribution in [2.45, 2.75) is 83.0 Å². The molecular weight excluding hydrogens is 568 g/mol. The van der Waals surface area contributed by atoms with Crippen LogP contribution in [0.1, 0.15) is 62.6 Å². The average molecular weight is 615 g/mol. The minimum absolute atomic E-state index is 0.0501. The lowest BCUT2D eigenvalue weighted by Gasteiger charge is -2.37. The molecule has 230 valence electrons. The van der Waals surface area contributed by atoms with E-state index in [-0.39, 0.29) is 48.2 Å². The number of nitrogens with zero attached hydrogens (tertiary/aromatic N) is 2. The molecule has 2 aromatic carbocycles. The summed E-state index contributed by atoms with van der Waals surface area (Å²) in [5.41, 5.74) is 3.24. The molecule has 2 amide bonds. The van der Waals surface area contributed by atoms with E-state index in [2.05, 4.69) is 39.9 Å². The van der Waals surface area contributed by atoms with Crippen LogP contribution in [0, 0.1) is 5.92 Å². The molecule has 0 spiro atoms. The van der Waals surface area contributed by atoms with Gasteiger partial charge in [0, 0.05) is 38.7 Å². The van der Waals surface area contributed by atoms with Gasteiger partial charge in [-0.3, -0.25) is 14.4 Å². The number of aryl methyl sites for hydroxylation is 1. The summed E-state index contributed by atoms with van der Waals surface area (Å²) >= 11 is 6.11. The fraction of sp³-hybridized carbons (Fsp3) is 0.545. The number of halogens is 1. The Labute approximate surface area is 257 Å². The van der Waals surface area contributed by atoms with E-state index >= 15 is 0 Å². The largest absolute Gasteiger partial charge is 0.481 e. The number of carbonyl (C=O) groups excluding carboxylic acids is 2. The van der Waals surface area contributed by atoms with Gasteiger partial charge >= 0.3 is 5.97 Å². The Bertz CT molecular complexity index is 1240. The van der Waals surface area contributed by atoms with Gasteiger partial charge in [-0.25, -0.2) is 0 Å². The zero-order valence-electron chi connectivity index (χ0n) is 26.2. The Kier molecular flexibility index (Phi) is 11.4. The van der Waals surface area contributed by atoms with Crippen molar-refractivity contribution < 1.29 is 23.9 Å². The van der Waals surface area contributed by atoms with E-state index in [0.717, 1.165) is 24.0 Å². The van der Waals surface area contributed by atoms with E-state index in [1.54, 1.807) is 23.9 Å². The molecule has 0 saturated carbocycles. The van der Waals surface area contributed by atoms with Crippen LogP contribution in [-0.2, 0) is 31.7 Å². The van der Waals surface area contributed by atoms with Gasteiger partial charge in [-0.05, 0) is 72.1 Å². The number of benzene rings is 2. The highest BCUT2D eigenvalue weighted by Gasteiger charge is 2.39. The molecule has 3 atom stereocenters. The Balaban J connectivity index is 1.78. The smallest absolute Gasteiger partial charge is 0.304 e. The second-order valence-electron chi connectivity index (χ2n) is 13.1. The number of hydrogen-bond acceptors (Lipinski definition) is 4. The maximum atomic E-state index is 13.9. The van der Waals surface area contributed by atoms with E-state index < -0.39 is 20.2 Å². The van der Waals surface area contributed by atoms with E-state index in [4.69, 9.17) is 16.0 Å². The van der Waals surface area contributed by atoms with Crippen molar-refractivity contribution >= 4 is 37.7 Å². The van der Waals surface area contributed by atoms with Crippen LogP contribution in [0.2, 0.25) is 23.2 Å². The van der Waals surface area contributed by atoms with Crippen molar-refractivity contribution in [1.29, 1.82) is 0 Å². The van der Waals surface area contributed by atoms with Gasteiger partial charge in [-0.15, -0.1) is 0 Å². The van der Waals surface area contributed by atoms with Crippen LogP contribution in [0.25, 0.3) is 0 Å². The average Bonchev–Trinajstić information content (AvgIpc) is 3.34. The highest BCUT2D eigenvalue weighted by Crippen LogP contribution is 2.40. The van der Waals surface area contributed by atoms with Crippen molar-refractivity contribution in [2.24, 2.45) is 5.92 Å². The number of rotatable bonds is 13. The predicted octanol–water partition coefficient (Wildman–Crippen LogP) is 6.40. The van der Waals surface area contributed by atoms with E-state index in [0.29, 0.717) is 18.1 Å². The summed E-state index contributed by atoms with van der Waals surface area (Å²) in [6.07, 6.45) is 2.12. The first-order valence-corrected chi connectivity index (χ1v) is 18.1. The molecule has 0 aliphatic heterocycles. The van der Waals surface area contributed by atoms with Crippen molar-refractivity contribution in [1.82, 2.24) is 9.80 Å². The molecule has 42 heavy (non-hydrogen) atoms. The summed E-state index contributed by atoms with van der Waals surface area (Å²) in [7, 11) is 1.50. The van der Waals surface area contributed by atoms with Gasteiger partial charge in [-0.2, -0.15) is 0 Å². The Morgan fingerprint density at radius 2 is 1.71 bits per heavy atom. The molecule has 0 bridgehead atoms. The summed E-state index contributed by atoms with van der Waals surface area (Å²) in [6.45, 7) is 11.5. The topological polar surface area (TPSA) is 87.2 Å². The van der Waals surface area contributed by atoms with E-state index in [1.807, 2.05) is 42.5 Å². The molecule has 1 aliphatic rings. The van der Waals surface area contributed by atoms with Crippen LogP contribution in [0.15, 0.2) is 48.5 Å². The van der Waals surface area contributed by atoms with Crippen molar-refractivity contribution in [3.8, 4) is 0 Å². The summed E-state index contributed by atoms with van der Waals surface area (Å²) in [5.74, 6) is -2.07. The van der Waals surface area contributed by atoms with Gasteiger partial charge in [0.25, 0.3) is 0 Å². The van der Waals surface area contributed by atoms with Crippen LogP contribution >= 0.6 is 11.6 Å². The number of amides is 2. The summed E-state index contributed by atoms with van der Waals surface area (Å²) in [6, 6.07) is 15.2. The maximum absolute atomic E-state index is 13.9. The lowest BCUT2D eigenvalue weighted by atomic mass is 9.84. The number of carboxylic acids is 1. The third kappa shape index (κ3) is 8.68. The van der Waals surface area contributed by atoms with Crippen LogP contribution in [-0.4, -0.2) is 74.3 Å². The SMILES string of the molecule is CN(CC(Cc1ccc(Cl)cc1)N(C)C(=O)CCO[Si](C)(C)C(C)(C)C)C(=O)C(CC(=O)O)[C@@H]1CCc2ccccc21. The molecule has 7 nitrogen and oxygen atoms in total. The van der Waals surface area contributed by atoms with Gasteiger partial charge in [0.05, 0.1) is 18.4 Å². The quantitative estimate of drug-likeness (QED) is 0.264. The fourth-order valence-electron chi connectivity index (χ4n) is 5.49. The van der Waals surface area contributed by atoms with Gasteiger partial charge in [0.1, 0.15) is 0 Å². The lowest BCUT2D eigenvalue weighted by molar-refractivity contribution is -0.145. The van der Waals surface area contributed by atoms with Crippen molar-refractivity contribution in [3.05, 3.63) is 70.2 Å². The molecule has 0 aromatic heterocycles. The van der Waals surface area contributed by atoms with Crippen molar-refractivity contribution in [2.75, 3.05) is 27.2 Å². The first-order valence-electron chi connectivity index (χ1n) is 14.8. The summed E-state index contributed by atoms with van der Waals surface area (Å²) in [5, 5.41) is 10.4. The number of carboxylic acid groups (broad SMARTS) is 1. The molecule has 1 aliphatic carbocycles. The minimum Gasteiger partial charge on any atom is -0.481 e. The zero-order chi connectivity index (χ0) is 31.2. The third-order valence-corrected chi connectivity index (χ3v) is 13.9. The van der Waals surface area contributed by atoms with Crippen molar-refractivity contribution in [3.63, 3.8) is 0 Å². The molecule has 0 saturated heterocycles. The number of carbonyl (C=O) groups is 3. The maximum Gasteiger partial charge on any atom is 0.304 e. The molecule has 2 unspecified atom stereocenters. The molecule has 2 aromatic rings. The van der Waals surface area contributed by atoms with Gasteiger partial charge in [0.2, 0.25) is 11.8 Å². The number of hydrogen-bond donors (Lipinski definition) is 1. The van der Waals surface area contributed by atoms with Gasteiger partial charge in [0.15, 0.2) is 8.32 Å². The highest BCUT2D eigenvalue weighted by atomic mass is 35.5. The molecule has 1 N–H and O–H groups in total. The predicted molar refractivity (Wildman–Crippen MR) is 170 cm³/mol. The molecule has 3 rings (SSSR count). The van der Waals surface area contributed by atoms with Crippen LogP contribution in [0.5, 0.6) is 0 Å². The van der Waals surface area contributed by atoms with E-state index in [9.17, 15) is 19.5 Å². The first-order chi connectivity index (χ1) is 19.6. The first kappa shape index (κ1) is 33.8. The fourth-order valence-corrected chi connectivity index (χ4v) is 6.66. The number of aliphatic carboxylic acids is 1. The second kappa shape index (κ2) is 14.2. The Morgan fingerprint density at radius 3 is 2.33 bits per heavy atom. The van der Waals surface area contributed by atoms with Gasteiger partial charge in [-0.1, -0.05) is 68.8 Å². The van der Waals surface area contributed by atoms with Crippen LogP contribution in [0.3, 0.4) is 0 Å². The highest BCUT2D eigenvalue weighted by molar-refractivity contribution is 6.74. The van der Waals surface area contributed by atoms with E-state index in [1.165, 1.54) is 5.56 Å². The second-order valence-corrected chi connectivity index (χ2v) is 18.4. The summed E-state index contributed by atoms with van der Waals surface area (Å²) < 4.78 is 6.26. The lowest BCUT2D eigenvalue weighted by Crippen LogP contribution is -2.49. The standard InChI is InChI=1S/C33H47ClN2O5Si/c1-33(2,3)42(6,7)41-19-18-30(37)36(5)26(20-23-12-15-25(34)16-13-23)22-35(4)32(40)29(21-31(38)39)28-17-14-24-10-8-9-11-27(24)28/h8-13,15-16,26,28-29H,14,17-22H2,1-7H3,(H,38,39)/t26?,28-,29?/m1/s1. The minimum atomic E-state index is -1.99. The zero-order valence-corrected chi connectivity index (χ0v) is 27.9. The monoisotopic (exact) mass is 614 g/mol. The molecule has 0 fully saturated rings. The Morgan fingerprint density at radius 1 is 1.07 bits per heavy atom. The van der Waals surface area contributed by atoms with Crippen LogP contribution in [0.4, 0.5) is 0 Å². The molecule has 9 heteroatoms.